The number of aryl methyl sites for hydroxylation is 1. The largest absolute Gasteiger partial charge is 0.322 e. The topological polar surface area (TPSA) is 52.7 Å². The average molecular weight is 520 g/mol. The number of amides is 2. The molecular weight excluding hydrogens is 489 g/mol. The van der Waals surface area contributed by atoms with Gasteiger partial charge in [0.15, 0.2) is 0 Å². The second kappa shape index (κ2) is 11.7. The number of anilines is 2. The van der Waals surface area contributed by atoms with Crippen molar-refractivity contribution in [1.82, 2.24) is 4.90 Å². The third-order valence-electron chi connectivity index (χ3n) is 6.48. The van der Waals surface area contributed by atoms with Gasteiger partial charge in [-0.15, -0.1) is 0 Å². The van der Waals surface area contributed by atoms with E-state index in [1.807, 2.05) is 39.2 Å². The van der Waals surface area contributed by atoms with Crippen molar-refractivity contribution in [2.24, 2.45) is 0 Å². The van der Waals surface area contributed by atoms with E-state index in [1.165, 1.54) is 12.1 Å². The molecule has 4 rings (SSSR count). The minimum absolute atomic E-state index is 0.238. The quantitative estimate of drug-likeness (QED) is 0.389. The van der Waals surface area contributed by atoms with E-state index in [0.29, 0.717) is 29.0 Å². The third kappa shape index (κ3) is 6.27. The first-order chi connectivity index (χ1) is 17.7. The maximum atomic E-state index is 14.3. The van der Waals surface area contributed by atoms with Crippen LogP contribution in [-0.2, 0) is 0 Å². The summed E-state index contributed by atoms with van der Waals surface area (Å²) in [5.41, 5.74) is 4.72. The lowest BCUT2D eigenvalue weighted by atomic mass is 9.99. The SMILES string of the molecule is Cc1ccccc1C(=O)Nc1ccc(C(=O)N2CCC/C(=C/CCN(C)C)c3cc(F)ccc32)c(Cl)c1. The van der Waals surface area contributed by atoms with Gasteiger partial charge in [-0.3, -0.25) is 9.59 Å². The van der Waals surface area contributed by atoms with Crippen molar-refractivity contribution < 1.29 is 14.0 Å². The number of halogens is 2. The Kier molecular flexibility index (Phi) is 8.41. The number of carbonyl (C=O) groups excluding carboxylic acids is 2. The molecule has 3 aromatic carbocycles. The summed E-state index contributed by atoms with van der Waals surface area (Å²) in [7, 11) is 4.03. The van der Waals surface area contributed by atoms with Crippen molar-refractivity contribution in [2.45, 2.75) is 26.2 Å². The molecule has 0 saturated carbocycles. The van der Waals surface area contributed by atoms with E-state index in [9.17, 15) is 14.0 Å². The first-order valence-corrected chi connectivity index (χ1v) is 12.7. The summed E-state index contributed by atoms with van der Waals surface area (Å²) in [6.07, 6.45) is 4.49. The number of fused-ring (bicyclic) bond motifs is 1. The first-order valence-electron chi connectivity index (χ1n) is 12.4. The second-order valence-electron chi connectivity index (χ2n) is 9.51. The highest BCUT2D eigenvalue weighted by Crippen LogP contribution is 2.36. The molecule has 1 aliphatic rings. The van der Waals surface area contributed by atoms with E-state index >= 15 is 0 Å². The van der Waals surface area contributed by atoms with Gasteiger partial charge in [-0.1, -0.05) is 35.9 Å². The summed E-state index contributed by atoms with van der Waals surface area (Å²) in [5.74, 6) is -0.840. The highest BCUT2D eigenvalue weighted by molar-refractivity contribution is 6.35. The Labute approximate surface area is 222 Å². The summed E-state index contributed by atoms with van der Waals surface area (Å²) in [6, 6.07) is 16.8. The molecule has 0 spiro atoms. The minimum Gasteiger partial charge on any atom is -0.322 e. The zero-order valence-corrected chi connectivity index (χ0v) is 22.1. The lowest BCUT2D eigenvalue weighted by Gasteiger charge is -2.24. The summed E-state index contributed by atoms with van der Waals surface area (Å²) in [4.78, 5) is 30.1. The summed E-state index contributed by atoms with van der Waals surface area (Å²) >= 11 is 6.55. The number of nitrogens with zero attached hydrogens (tertiary/aromatic N) is 2. The Bertz CT molecular complexity index is 1350. The van der Waals surface area contributed by atoms with Gasteiger partial charge in [-0.25, -0.2) is 4.39 Å². The van der Waals surface area contributed by atoms with Crippen LogP contribution in [0, 0.1) is 12.7 Å². The summed E-state index contributed by atoms with van der Waals surface area (Å²) < 4.78 is 14.3. The van der Waals surface area contributed by atoms with Gasteiger partial charge in [-0.05, 0) is 93.9 Å². The molecule has 0 fully saturated rings. The van der Waals surface area contributed by atoms with Gasteiger partial charge in [0.05, 0.1) is 16.3 Å². The van der Waals surface area contributed by atoms with Crippen molar-refractivity contribution in [1.29, 1.82) is 0 Å². The number of carbonyl (C=O) groups is 2. The molecule has 0 saturated heterocycles. The monoisotopic (exact) mass is 519 g/mol. The van der Waals surface area contributed by atoms with Crippen LogP contribution >= 0.6 is 11.6 Å². The van der Waals surface area contributed by atoms with Gasteiger partial charge in [0.1, 0.15) is 5.82 Å². The molecule has 0 aliphatic carbocycles. The molecule has 1 N–H and O–H groups in total. The van der Waals surface area contributed by atoms with Crippen LogP contribution in [0.3, 0.4) is 0 Å². The van der Waals surface area contributed by atoms with Crippen LogP contribution < -0.4 is 10.2 Å². The molecule has 192 valence electrons. The highest BCUT2D eigenvalue weighted by atomic mass is 35.5. The fraction of sp³-hybridized carbons (Fsp3) is 0.267. The number of benzene rings is 3. The Balaban J connectivity index is 1.59. The number of rotatable bonds is 6. The fourth-order valence-corrected chi connectivity index (χ4v) is 4.80. The molecule has 7 heteroatoms. The molecule has 1 aliphatic heterocycles. The highest BCUT2D eigenvalue weighted by Gasteiger charge is 2.26. The lowest BCUT2D eigenvalue weighted by Crippen LogP contribution is -2.32. The number of nitrogens with one attached hydrogen (secondary N) is 1. The van der Waals surface area contributed by atoms with Crippen LogP contribution in [0.4, 0.5) is 15.8 Å². The predicted octanol–water partition coefficient (Wildman–Crippen LogP) is 6.82. The van der Waals surface area contributed by atoms with E-state index < -0.39 is 0 Å². The van der Waals surface area contributed by atoms with E-state index in [-0.39, 0.29) is 22.7 Å². The van der Waals surface area contributed by atoms with Gasteiger partial charge < -0.3 is 15.1 Å². The van der Waals surface area contributed by atoms with E-state index in [0.717, 1.165) is 42.5 Å². The molecule has 1 heterocycles. The number of hydrogen-bond acceptors (Lipinski definition) is 3. The second-order valence-corrected chi connectivity index (χ2v) is 9.91. The van der Waals surface area contributed by atoms with Crippen molar-refractivity contribution in [3.05, 3.63) is 99.8 Å². The number of hydrogen-bond donors (Lipinski definition) is 1. The van der Waals surface area contributed by atoms with Crippen molar-refractivity contribution in [3.63, 3.8) is 0 Å². The average Bonchev–Trinajstić information content (AvgIpc) is 3.03. The van der Waals surface area contributed by atoms with Gasteiger partial charge in [0.25, 0.3) is 11.8 Å². The molecule has 0 atom stereocenters. The number of allylic oxidation sites excluding steroid dienone is 1. The van der Waals surface area contributed by atoms with Crippen LogP contribution in [0.1, 0.15) is 51.1 Å². The van der Waals surface area contributed by atoms with Gasteiger partial charge in [-0.2, -0.15) is 0 Å². The van der Waals surface area contributed by atoms with E-state index in [2.05, 4.69) is 16.3 Å². The molecule has 0 unspecified atom stereocenters. The van der Waals surface area contributed by atoms with E-state index in [4.69, 9.17) is 11.6 Å². The van der Waals surface area contributed by atoms with E-state index in [1.54, 1.807) is 35.2 Å². The van der Waals surface area contributed by atoms with Crippen LogP contribution in [0.5, 0.6) is 0 Å². The summed E-state index contributed by atoms with van der Waals surface area (Å²) in [5, 5.41) is 3.09. The Hall–Kier alpha value is -3.48. The fourth-order valence-electron chi connectivity index (χ4n) is 4.54. The van der Waals surface area contributed by atoms with Crippen molar-refractivity contribution in [3.8, 4) is 0 Å². The smallest absolute Gasteiger partial charge is 0.259 e. The molecule has 0 radical (unpaired) electrons. The van der Waals surface area contributed by atoms with Gasteiger partial charge in [0, 0.05) is 29.9 Å². The molecule has 0 aromatic heterocycles. The third-order valence-corrected chi connectivity index (χ3v) is 6.80. The van der Waals surface area contributed by atoms with Crippen molar-refractivity contribution in [2.75, 3.05) is 37.4 Å². The van der Waals surface area contributed by atoms with Gasteiger partial charge >= 0.3 is 0 Å². The normalized spacial score (nSPS) is 14.4. The molecule has 2 amide bonds. The zero-order chi connectivity index (χ0) is 26.5. The van der Waals surface area contributed by atoms with Crippen LogP contribution in [-0.4, -0.2) is 43.9 Å². The minimum atomic E-state index is -0.335. The molecule has 5 nitrogen and oxygen atoms in total. The Morgan fingerprint density at radius 3 is 2.59 bits per heavy atom. The zero-order valence-electron chi connectivity index (χ0n) is 21.4. The lowest BCUT2D eigenvalue weighted by molar-refractivity contribution is 0.0986. The molecular formula is C30H31ClFN3O2. The Morgan fingerprint density at radius 1 is 1.08 bits per heavy atom. The van der Waals surface area contributed by atoms with Crippen LogP contribution in [0.2, 0.25) is 5.02 Å². The van der Waals surface area contributed by atoms with Crippen LogP contribution in [0.25, 0.3) is 5.57 Å². The standard InChI is InChI=1S/C30H31ClFN3O2/c1-20-8-4-5-11-24(20)29(36)33-23-13-14-25(27(31)19-23)30(37)35-17-7-10-21(9-6-16-34(2)3)26-18-22(32)12-15-28(26)35/h4-5,8-9,11-15,18-19H,6-7,10,16-17H2,1-3H3,(H,33,36)/b21-9-. The maximum absolute atomic E-state index is 14.3. The Morgan fingerprint density at radius 2 is 1.86 bits per heavy atom. The first kappa shape index (κ1) is 26.6. The molecule has 3 aromatic rings. The molecule has 37 heavy (non-hydrogen) atoms. The molecule has 0 bridgehead atoms. The summed E-state index contributed by atoms with van der Waals surface area (Å²) in [6.45, 7) is 3.25. The van der Waals surface area contributed by atoms with Gasteiger partial charge in [0.2, 0.25) is 0 Å². The van der Waals surface area contributed by atoms with Crippen LogP contribution in [0.15, 0.2) is 66.7 Å². The predicted molar refractivity (Wildman–Crippen MR) is 149 cm³/mol. The van der Waals surface area contributed by atoms with Crippen molar-refractivity contribution >= 4 is 40.4 Å². The maximum Gasteiger partial charge on any atom is 0.259 e.